The molecule has 0 saturated carbocycles. The second kappa shape index (κ2) is 6.75. The van der Waals surface area contributed by atoms with E-state index in [0.717, 1.165) is 5.56 Å². The van der Waals surface area contributed by atoms with E-state index in [2.05, 4.69) is 10.5 Å². The van der Waals surface area contributed by atoms with Gasteiger partial charge in [-0.15, -0.1) is 23.1 Å². The van der Waals surface area contributed by atoms with Crippen molar-refractivity contribution in [2.75, 3.05) is 6.26 Å². The third-order valence-electron chi connectivity index (χ3n) is 2.30. The van der Waals surface area contributed by atoms with Gasteiger partial charge in [0, 0.05) is 16.1 Å². The topological polar surface area (TPSA) is 41.5 Å². The minimum Gasteiger partial charge on any atom is -0.267 e. The fraction of sp³-hybridized carbons (Fsp3) is 0.0769. The summed E-state index contributed by atoms with van der Waals surface area (Å²) in [5, 5.41) is 6.47. The predicted molar refractivity (Wildman–Crippen MR) is 82.6 cm³/mol. The van der Waals surface area contributed by atoms with E-state index in [0.29, 0.717) is 10.6 Å². The molecule has 3 nitrogen and oxygen atoms in total. The first-order valence-corrected chi connectivity index (χ1v) is 7.89. The van der Waals surface area contributed by atoms with Gasteiger partial charge in [-0.1, -0.05) is 17.7 Å². The molecule has 2 aromatic rings. The predicted octanol–water partition coefficient (Wildman–Crippen LogP) is 3.89. The molecule has 0 bridgehead atoms. The molecule has 19 heavy (non-hydrogen) atoms. The Morgan fingerprint density at radius 3 is 3.05 bits per heavy atom. The lowest BCUT2D eigenvalue weighted by Gasteiger charge is -2.00. The molecule has 2 rings (SSSR count). The average molecular weight is 311 g/mol. The highest BCUT2D eigenvalue weighted by atomic mass is 35.5. The zero-order chi connectivity index (χ0) is 13.7. The summed E-state index contributed by atoms with van der Waals surface area (Å²) in [7, 11) is 0. The van der Waals surface area contributed by atoms with Gasteiger partial charge in [-0.05, 0) is 35.9 Å². The van der Waals surface area contributed by atoms with Gasteiger partial charge in [0.2, 0.25) is 0 Å². The molecule has 98 valence electrons. The first-order chi connectivity index (χ1) is 9.20. The van der Waals surface area contributed by atoms with Gasteiger partial charge in [0.15, 0.2) is 0 Å². The van der Waals surface area contributed by atoms with Crippen LogP contribution in [-0.4, -0.2) is 18.4 Å². The van der Waals surface area contributed by atoms with Gasteiger partial charge in [-0.3, -0.25) is 4.79 Å². The van der Waals surface area contributed by atoms with Crippen molar-refractivity contribution >= 4 is 46.8 Å². The molecular formula is C13H11ClN2OS2. The Balaban J connectivity index is 2.01. The smallest absolute Gasteiger partial charge is 0.267 e. The summed E-state index contributed by atoms with van der Waals surface area (Å²) in [5.74, 6) is -0.278. The minimum absolute atomic E-state index is 0.278. The molecule has 1 N–H and O–H groups in total. The summed E-state index contributed by atoms with van der Waals surface area (Å²) in [5.41, 5.74) is 3.97. The fourth-order valence-electron chi connectivity index (χ4n) is 1.42. The number of hydrogen-bond donors (Lipinski definition) is 1. The van der Waals surface area contributed by atoms with Gasteiger partial charge in [0.25, 0.3) is 5.91 Å². The van der Waals surface area contributed by atoms with E-state index < -0.39 is 0 Å². The van der Waals surface area contributed by atoms with Crippen molar-refractivity contribution in [1.29, 1.82) is 0 Å². The second-order valence-corrected chi connectivity index (χ2v) is 6.00. The van der Waals surface area contributed by atoms with Crippen LogP contribution >= 0.6 is 34.7 Å². The highest BCUT2D eigenvalue weighted by Crippen LogP contribution is 2.25. The van der Waals surface area contributed by atoms with Crippen LogP contribution in [0, 0.1) is 0 Å². The number of carbonyl (C=O) groups excluding carboxylic acids is 1. The molecule has 0 atom stereocenters. The number of rotatable bonds is 4. The standard InChI is InChI=1S/C13H11ClN2OS2/c1-18-13-10(5-6-19-13)8-15-16-12(17)9-3-2-4-11(14)7-9/h2-8H,1H3,(H,16,17)/b15-8+. The zero-order valence-corrected chi connectivity index (χ0v) is 12.5. The Morgan fingerprint density at radius 1 is 1.47 bits per heavy atom. The second-order valence-electron chi connectivity index (χ2n) is 3.58. The first kappa shape index (κ1) is 14.1. The van der Waals surface area contributed by atoms with E-state index in [1.165, 1.54) is 4.21 Å². The van der Waals surface area contributed by atoms with Gasteiger partial charge in [-0.2, -0.15) is 5.10 Å². The fourth-order valence-corrected chi connectivity index (χ4v) is 3.11. The van der Waals surface area contributed by atoms with Crippen molar-refractivity contribution in [3.8, 4) is 0 Å². The zero-order valence-electron chi connectivity index (χ0n) is 10.1. The SMILES string of the molecule is CSc1sccc1/C=N/NC(=O)c1cccc(Cl)c1. The van der Waals surface area contributed by atoms with Gasteiger partial charge in [-0.25, -0.2) is 5.43 Å². The van der Waals surface area contributed by atoms with E-state index in [-0.39, 0.29) is 5.91 Å². The average Bonchev–Trinajstić information content (AvgIpc) is 2.86. The molecule has 0 spiro atoms. The van der Waals surface area contributed by atoms with E-state index >= 15 is 0 Å². The maximum Gasteiger partial charge on any atom is 0.271 e. The van der Waals surface area contributed by atoms with Crippen molar-refractivity contribution in [2.45, 2.75) is 4.21 Å². The Bertz CT molecular complexity index is 610. The number of amides is 1. The number of nitrogens with one attached hydrogen (secondary N) is 1. The molecule has 0 radical (unpaired) electrons. The summed E-state index contributed by atoms with van der Waals surface area (Å²) in [4.78, 5) is 11.8. The Labute approximate surface area is 124 Å². The molecule has 0 unspecified atom stereocenters. The van der Waals surface area contributed by atoms with Crippen LogP contribution < -0.4 is 5.43 Å². The van der Waals surface area contributed by atoms with Crippen LogP contribution in [0.4, 0.5) is 0 Å². The summed E-state index contributed by atoms with van der Waals surface area (Å²) >= 11 is 9.13. The lowest BCUT2D eigenvalue weighted by molar-refractivity contribution is 0.0955. The summed E-state index contributed by atoms with van der Waals surface area (Å²) in [6.07, 6.45) is 3.65. The molecule has 0 aliphatic carbocycles. The number of thiophene rings is 1. The monoisotopic (exact) mass is 310 g/mol. The number of hydrazone groups is 1. The molecular weight excluding hydrogens is 300 g/mol. The molecule has 1 amide bonds. The largest absolute Gasteiger partial charge is 0.271 e. The molecule has 6 heteroatoms. The van der Waals surface area contributed by atoms with Crippen LogP contribution in [0.1, 0.15) is 15.9 Å². The van der Waals surface area contributed by atoms with Crippen molar-refractivity contribution in [2.24, 2.45) is 5.10 Å². The van der Waals surface area contributed by atoms with E-state index in [9.17, 15) is 4.79 Å². The number of nitrogens with zero attached hydrogens (tertiary/aromatic N) is 1. The van der Waals surface area contributed by atoms with Crippen LogP contribution in [0.15, 0.2) is 45.0 Å². The first-order valence-electron chi connectivity index (χ1n) is 5.41. The van der Waals surface area contributed by atoms with Gasteiger partial charge in [0.1, 0.15) is 0 Å². The normalized spacial score (nSPS) is 10.8. The maximum absolute atomic E-state index is 11.8. The molecule has 1 aromatic carbocycles. The summed E-state index contributed by atoms with van der Waals surface area (Å²) in [6.45, 7) is 0. The Kier molecular flexibility index (Phi) is 5.01. The third kappa shape index (κ3) is 3.83. The number of thioether (sulfide) groups is 1. The van der Waals surface area contributed by atoms with Crippen molar-refractivity contribution in [1.82, 2.24) is 5.43 Å². The van der Waals surface area contributed by atoms with Crippen LogP contribution in [0.25, 0.3) is 0 Å². The lowest BCUT2D eigenvalue weighted by Crippen LogP contribution is -2.17. The third-order valence-corrected chi connectivity index (χ3v) is 4.65. The highest BCUT2D eigenvalue weighted by Gasteiger charge is 2.04. The van der Waals surface area contributed by atoms with E-state index in [1.54, 1.807) is 53.6 Å². The molecule has 1 heterocycles. The number of hydrogen-bond acceptors (Lipinski definition) is 4. The van der Waals surface area contributed by atoms with Crippen LogP contribution in [0.5, 0.6) is 0 Å². The van der Waals surface area contributed by atoms with Crippen LogP contribution in [-0.2, 0) is 0 Å². The van der Waals surface area contributed by atoms with Crippen molar-refractivity contribution < 1.29 is 4.79 Å². The van der Waals surface area contributed by atoms with E-state index in [4.69, 9.17) is 11.6 Å². The van der Waals surface area contributed by atoms with E-state index in [1.807, 2.05) is 17.7 Å². The molecule has 0 saturated heterocycles. The number of halogens is 1. The summed E-state index contributed by atoms with van der Waals surface area (Å²) in [6, 6.07) is 8.70. The molecule has 0 fully saturated rings. The molecule has 0 aliphatic rings. The summed E-state index contributed by atoms with van der Waals surface area (Å²) < 4.78 is 1.17. The Morgan fingerprint density at radius 2 is 2.32 bits per heavy atom. The lowest BCUT2D eigenvalue weighted by atomic mass is 10.2. The van der Waals surface area contributed by atoms with Crippen LogP contribution in [0.3, 0.4) is 0 Å². The molecule has 0 aliphatic heterocycles. The minimum atomic E-state index is -0.278. The number of carbonyl (C=O) groups is 1. The van der Waals surface area contributed by atoms with Gasteiger partial charge < -0.3 is 0 Å². The number of benzene rings is 1. The Hall–Kier alpha value is -1.30. The van der Waals surface area contributed by atoms with Gasteiger partial charge >= 0.3 is 0 Å². The van der Waals surface area contributed by atoms with Crippen LogP contribution in [0.2, 0.25) is 5.02 Å². The van der Waals surface area contributed by atoms with Gasteiger partial charge in [0.05, 0.1) is 10.4 Å². The quantitative estimate of drug-likeness (QED) is 0.529. The maximum atomic E-state index is 11.8. The highest BCUT2D eigenvalue weighted by molar-refractivity contribution is 8.00. The van der Waals surface area contributed by atoms with Crippen molar-refractivity contribution in [3.63, 3.8) is 0 Å². The van der Waals surface area contributed by atoms with Crippen molar-refractivity contribution in [3.05, 3.63) is 51.9 Å². The molecule has 1 aromatic heterocycles.